The summed E-state index contributed by atoms with van der Waals surface area (Å²) in [6.07, 6.45) is 1.00. The minimum atomic E-state index is -0.614. The summed E-state index contributed by atoms with van der Waals surface area (Å²) >= 11 is 0. The average Bonchev–Trinajstić information content (AvgIpc) is 2.49. The Hall–Kier alpha value is -2.62. The molecule has 1 unspecified atom stereocenters. The van der Waals surface area contributed by atoms with Gasteiger partial charge in [-0.2, -0.15) is 5.10 Å². The van der Waals surface area contributed by atoms with Crippen LogP contribution in [0.15, 0.2) is 53.6 Å². The molecule has 22 heavy (non-hydrogen) atoms. The van der Waals surface area contributed by atoms with Crippen molar-refractivity contribution in [2.45, 2.75) is 26.9 Å². The number of hydrogen-bond donors (Lipinski definition) is 1. The van der Waals surface area contributed by atoms with Gasteiger partial charge in [0, 0.05) is 0 Å². The molecule has 0 aromatic heterocycles. The minimum Gasteiger partial charge on any atom is -0.481 e. The molecule has 0 aliphatic rings. The van der Waals surface area contributed by atoms with E-state index in [-0.39, 0.29) is 5.91 Å². The summed E-state index contributed by atoms with van der Waals surface area (Å²) in [5, 5.41) is 3.95. The van der Waals surface area contributed by atoms with E-state index < -0.39 is 6.10 Å². The fourth-order valence-electron chi connectivity index (χ4n) is 1.89. The molecule has 0 radical (unpaired) electrons. The Morgan fingerprint density at radius 2 is 1.86 bits per heavy atom. The van der Waals surface area contributed by atoms with Gasteiger partial charge in [0.05, 0.1) is 6.21 Å². The second kappa shape index (κ2) is 7.41. The van der Waals surface area contributed by atoms with Gasteiger partial charge in [0.25, 0.3) is 5.91 Å². The third kappa shape index (κ3) is 4.74. The second-order valence-electron chi connectivity index (χ2n) is 5.22. The first kappa shape index (κ1) is 15.8. The first-order valence-corrected chi connectivity index (χ1v) is 7.17. The molecular formula is C18H20N2O2. The van der Waals surface area contributed by atoms with E-state index >= 15 is 0 Å². The number of rotatable bonds is 5. The number of amides is 1. The number of ether oxygens (including phenoxy) is 1. The van der Waals surface area contributed by atoms with E-state index in [2.05, 4.69) is 10.5 Å². The van der Waals surface area contributed by atoms with Crippen LogP contribution in [0.3, 0.4) is 0 Å². The van der Waals surface area contributed by atoms with E-state index in [1.165, 1.54) is 0 Å². The molecule has 1 N–H and O–H groups in total. The van der Waals surface area contributed by atoms with Crippen LogP contribution in [0.4, 0.5) is 0 Å². The molecule has 2 rings (SSSR count). The lowest BCUT2D eigenvalue weighted by Crippen LogP contribution is -2.33. The molecule has 114 valence electrons. The summed E-state index contributed by atoms with van der Waals surface area (Å²) in [7, 11) is 0. The third-order valence-corrected chi connectivity index (χ3v) is 3.13. The second-order valence-corrected chi connectivity index (χ2v) is 5.22. The number of hydrazone groups is 1. The summed E-state index contributed by atoms with van der Waals surface area (Å²) in [5.41, 5.74) is 5.72. The fourth-order valence-corrected chi connectivity index (χ4v) is 1.89. The largest absolute Gasteiger partial charge is 0.481 e. The van der Waals surface area contributed by atoms with Crippen LogP contribution < -0.4 is 10.2 Å². The highest BCUT2D eigenvalue weighted by Crippen LogP contribution is 2.13. The molecule has 2 aromatic carbocycles. The van der Waals surface area contributed by atoms with Crippen molar-refractivity contribution in [3.05, 3.63) is 65.2 Å². The smallest absolute Gasteiger partial charge is 0.280 e. The molecule has 0 bridgehead atoms. The van der Waals surface area contributed by atoms with Crippen molar-refractivity contribution < 1.29 is 9.53 Å². The number of nitrogens with one attached hydrogen (secondary N) is 1. The Kier molecular flexibility index (Phi) is 5.31. The van der Waals surface area contributed by atoms with E-state index in [9.17, 15) is 4.79 Å². The number of carbonyl (C=O) groups excluding carboxylic acids is 1. The highest BCUT2D eigenvalue weighted by Gasteiger charge is 2.13. The van der Waals surface area contributed by atoms with Crippen molar-refractivity contribution in [1.29, 1.82) is 0 Å². The van der Waals surface area contributed by atoms with Gasteiger partial charge in [-0.25, -0.2) is 5.43 Å². The SMILES string of the molecule is Cc1ccc(OC(C)C(=O)N/N=C/c2cccc(C)c2)cc1. The van der Waals surface area contributed by atoms with Gasteiger partial charge in [-0.05, 0) is 38.5 Å². The molecule has 2 aromatic rings. The van der Waals surface area contributed by atoms with Gasteiger partial charge in [0.1, 0.15) is 5.75 Å². The molecule has 4 heteroatoms. The minimum absolute atomic E-state index is 0.288. The Balaban J connectivity index is 1.87. The Bertz CT molecular complexity index is 663. The monoisotopic (exact) mass is 296 g/mol. The highest BCUT2D eigenvalue weighted by molar-refractivity contribution is 5.84. The van der Waals surface area contributed by atoms with Crippen LogP contribution in [-0.2, 0) is 4.79 Å². The molecule has 0 saturated carbocycles. The van der Waals surface area contributed by atoms with Crippen molar-refractivity contribution in [2.75, 3.05) is 0 Å². The van der Waals surface area contributed by atoms with Gasteiger partial charge >= 0.3 is 0 Å². The molecule has 0 aliphatic carbocycles. The summed E-state index contributed by atoms with van der Waals surface area (Å²) < 4.78 is 5.57. The number of carbonyl (C=O) groups is 1. The Morgan fingerprint density at radius 3 is 2.55 bits per heavy atom. The molecule has 0 aliphatic heterocycles. The van der Waals surface area contributed by atoms with Crippen LogP contribution in [0, 0.1) is 13.8 Å². The standard InChI is InChI=1S/C18H20N2O2/c1-13-7-9-17(10-8-13)22-15(3)18(21)20-19-12-16-6-4-5-14(2)11-16/h4-12,15H,1-3H3,(H,20,21)/b19-12+. The first-order chi connectivity index (χ1) is 10.5. The zero-order valence-electron chi connectivity index (χ0n) is 13.0. The lowest BCUT2D eigenvalue weighted by Gasteiger charge is -2.12. The van der Waals surface area contributed by atoms with Crippen molar-refractivity contribution >= 4 is 12.1 Å². The molecule has 0 heterocycles. The van der Waals surface area contributed by atoms with E-state index in [0.29, 0.717) is 5.75 Å². The molecule has 0 saturated heterocycles. The quantitative estimate of drug-likeness (QED) is 0.680. The van der Waals surface area contributed by atoms with E-state index in [1.54, 1.807) is 13.1 Å². The van der Waals surface area contributed by atoms with Gasteiger partial charge in [-0.3, -0.25) is 4.79 Å². The lowest BCUT2D eigenvalue weighted by atomic mass is 10.2. The summed E-state index contributed by atoms with van der Waals surface area (Å²) in [6, 6.07) is 15.4. The van der Waals surface area contributed by atoms with E-state index in [1.807, 2.05) is 62.4 Å². The van der Waals surface area contributed by atoms with E-state index in [4.69, 9.17) is 4.74 Å². The summed E-state index contributed by atoms with van der Waals surface area (Å²) in [6.45, 7) is 5.70. The predicted molar refractivity (Wildman–Crippen MR) is 88.2 cm³/mol. The number of aryl methyl sites for hydroxylation is 2. The number of benzene rings is 2. The van der Waals surface area contributed by atoms with Gasteiger partial charge < -0.3 is 4.74 Å². The number of nitrogens with zero attached hydrogens (tertiary/aromatic N) is 1. The maximum Gasteiger partial charge on any atom is 0.280 e. The zero-order valence-corrected chi connectivity index (χ0v) is 13.0. The van der Waals surface area contributed by atoms with Crippen molar-refractivity contribution in [3.63, 3.8) is 0 Å². The molecule has 1 amide bonds. The maximum atomic E-state index is 11.9. The molecule has 4 nitrogen and oxygen atoms in total. The first-order valence-electron chi connectivity index (χ1n) is 7.17. The van der Waals surface area contributed by atoms with Crippen LogP contribution in [0.5, 0.6) is 5.75 Å². The van der Waals surface area contributed by atoms with Crippen LogP contribution >= 0.6 is 0 Å². The van der Waals surface area contributed by atoms with Gasteiger partial charge in [0.2, 0.25) is 0 Å². The highest BCUT2D eigenvalue weighted by atomic mass is 16.5. The fraction of sp³-hybridized carbons (Fsp3) is 0.222. The van der Waals surface area contributed by atoms with Crippen LogP contribution in [0.2, 0.25) is 0 Å². The van der Waals surface area contributed by atoms with E-state index in [0.717, 1.165) is 16.7 Å². The van der Waals surface area contributed by atoms with Crippen molar-refractivity contribution in [3.8, 4) is 5.75 Å². The summed E-state index contributed by atoms with van der Waals surface area (Å²) in [4.78, 5) is 11.9. The van der Waals surface area contributed by atoms with Crippen molar-refractivity contribution in [1.82, 2.24) is 5.43 Å². The Labute approximate surface area is 130 Å². The van der Waals surface area contributed by atoms with Crippen LogP contribution in [0.1, 0.15) is 23.6 Å². The zero-order chi connectivity index (χ0) is 15.9. The average molecular weight is 296 g/mol. The topological polar surface area (TPSA) is 50.7 Å². The lowest BCUT2D eigenvalue weighted by molar-refractivity contribution is -0.127. The normalized spacial score (nSPS) is 12.1. The van der Waals surface area contributed by atoms with Crippen molar-refractivity contribution in [2.24, 2.45) is 5.10 Å². The van der Waals surface area contributed by atoms with Gasteiger partial charge in [-0.15, -0.1) is 0 Å². The molecule has 1 atom stereocenters. The predicted octanol–water partition coefficient (Wildman–Crippen LogP) is 3.22. The number of hydrogen-bond acceptors (Lipinski definition) is 3. The maximum absolute atomic E-state index is 11.9. The van der Waals surface area contributed by atoms with Gasteiger partial charge in [-0.1, -0.05) is 47.5 Å². The van der Waals surface area contributed by atoms with Gasteiger partial charge in [0.15, 0.2) is 6.10 Å². The summed E-state index contributed by atoms with van der Waals surface area (Å²) in [5.74, 6) is 0.375. The Morgan fingerprint density at radius 1 is 1.14 bits per heavy atom. The van der Waals surface area contributed by atoms with Crippen LogP contribution in [0.25, 0.3) is 0 Å². The third-order valence-electron chi connectivity index (χ3n) is 3.13. The molecule has 0 fully saturated rings. The molecular weight excluding hydrogens is 276 g/mol. The van der Waals surface area contributed by atoms with Crippen LogP contribution in [-0.4, -0.2) is 18.2 Å². The molecule has 0 spiro atoms.